The van der Waals surface area contributed by atoms with E-state index in [4.69, 9.17) is 14.2 Å². The summed E-state index contributed by atoms with van der Waals surface area (Å²) in [6.07, 6.45) is -0.453. The number of hydrogen-bond acceptors (Lipinski definition) is 5. The molecule has 0 radical (unpaired) electrons. The molecule has 0 atom stereocenters. The maximum atomic E-state index is 11.0. The molecule has 0 bridgehead atoms. The quantitative estimate of drug-likeness (QED) is 0.805. The molecule has 2 aromatic rings. The van der Waals surface area contributed by atoms with Gasteiger partial charge in [-0.25, -0.2) is 4.68 Å². The van der Waals surface area contributed by atoms with Gasteiger partial charge in [0.15, 0.2) is 0 Å². The van der Waals surface area contributed by atoms with Crippen molar-refractivity contribution in [2.75, 3.05) is 13.2 Å². The number of hydrogen-bond donors (Lipinski definition) is 0. The summed E-state index contributed by atoms with van der Waals surface area (Å²) < 4.78 is 17.8. The van der Waals surface area contributed by atoms with Gasteiger partial charge in [0.2, 0.25) is 6.29 Å². The summed E-state index contributed by atoms with van der Waals surface area (Å²) in [4.78, 5) is 11.0. The smallest absolute Gasteiger partial charge is 0.303 e. The van der Waals surface area contributed by atoms with Crippen LogP contribution < -0.4 is 0 Å². The van der Waals surface area contributed by atoms with E-state index in [1.165, 1.54) is 6.92 Å². The van der Waals surface area contributed by atoms with Gasteiger partial charge in [-0.3, -0.25) is 4.79 Å². The van der Waals surface area contributed by atoms with Gasteiger partial charge in [0, 0.05) is 6.92 Å². The molecule has 0 aliphatic carbocycles. The second kappa shape index (κ2) is 6.07. The van der Waals surface area contributed by atoms with Crippen molar-refractivity contribution in [3.63, 3.8) is 0 Å². The number of para-hydroxylation sites is 1. The monoisotopic (exact) mass is 288 g/mol. The molecule has 1 aliphatic heterocycles. The molecule has 2 heterocycles. The van der Waals surface area contributed by atoms with E-state index in [1.54, 1.807) is 4.68 Å². The van der Waals surface area contributed by atoms with Crippen LogP contribution in [-0.4, -0.2) is 29.0 Å². The van der Waals surface area contributed by atoms with Crippen LogP contribution in [0.3, 0.4) is 0 Å². The molecular weight excluding hydrogens is 272 g/mol. The van der Waals surface area contributed by atoms with E-state index in [0.717, 1.165) is 11.4 Å². The normalized spacial score (nSPS) is 15.3. The molecule has 1 fully saturated rings. The Bertz CT molecular complexity index is 618. The first-order chi connectivity index (χ1) is 10.2. The first-order valence-electron chi connectivity index (χ1n) is 6.75. The molecular formula is C15H16N2O4. The Labute approximate surface area is 122 Å². The second-order valence-corrected chi connectivity index (χ2v) is 4.66. The van der Waals surface area contributed by atoms with Crippen LogP contribution in [0.25, 0.3) is 5.69 Å². The fourth-order valence-corrected chi connectivity index (χ4v) is 2.16. The summed E-state index contributed by atoms with van der Waals surface area (Å²) >= 11 is 0. The van der Waals surface area contributed by atoms with E-state index in [1.807, 2.05) is 36.4 Å². The summed E-state index contributed by atoms with van der Waals surface area (Å²) in [6.45, 7) is 2.65. The maximum absolute atomic E-state index is 11.0. The van der Waals surface area contributed by atoms with Gasteiger partial charge >= 0.3 is 5.97 Å². The van der Waals surface area contributed by atoms with E-state index >= 15 is 0 Å². The van der Waals surface area contributed by atoms with E-state index in [9.17, 15) is 4.79 Å². The summed E-state index contributed by atoms with van der Waals surface area (Å²) in [6, 6.07) is 11.5. The van der Waals surface area contributed by atoms with Crippen LogP contribution in [0.4, 0.5) is 0 Å². The minimum absolute atomic E-state index is 0.157. The fourth-order valence-electron chi connectivity index (χ4n) is 2.16. The van der Waals surface area contributed by atoms with Crippen LogP contribution in [0.2, 0.25) is 0 Å². The minimum Gasteiger partial charge on any atom is -0.459 e. The second-order valence-electron chi connectivity index (χ2n) is 4.66. The summed E-state index contributed by atoms with van der Waals surface area (Å²) in [5.74, 6) is -0.328. The third-order valence-electron chi connectivity index (χ3n) is 3.09. The number of nitrogens with zero attached hydrogens (tertiary/aromatic N) is 2. The average molecular weight is 288 g/mol. The fraction of sp³-hybridized carbons (Fsp3) is 0.333. The molecule has 6 heteroatoms. The Morgan fingerprint density at radius 3 is 2.71 bits per heavy atom. The van der Waals surface area contributed by atoms with E-state index < -0.39 is 6.29 Å². The highest BCUT2D eigenvalue weighted by atomic mass is 16.7. The largest absolute Gasteiger partial charge is 0.459 e. The third-order valence-corrected chi connectivity index (χ3v) is 3.09. The number of rotatable bonds is 4. The van der Waals surface area contributed by atoms with Gasteiger partial charge in [-0.05, 0) is 18.2 Å². The lowest BCUT2D eigenvalue weighted by molar-refractivity contribution is -0.142. The van der Waals surface area contributed by atoms with Gasteiger partial charge < -0.3 is 14.2 Å². The third kappa shape index (κ3) is 3.12. The predicted octanol–water partition coefficient (Wildman–Crippen LogP) is 1.98. The molecule has 110 valence electrons. The van der Waals surface area contributed by atoms with Crippen molar-refractivity contribution in [3.8, 4) is 5.69 Å². The molecule has 1 aliphatic rings. The van der Waals surface area contributed by atoms with Gasteiger partial charge in [-0.15, -0.1) is 0 Å². The van der Waals surface area contributed by atoms with E-state index in [2.05, 4.69) is 5.10 Å². The first kappa shape index (κ1) is 13.8. The number of benzene rings is 1. The minimum atomic E-state index is -0.453. The molecule has 0 N–H and O–H groups in total. The van der Waals surface area contributed by atoms with Gasteiger partial charge in [-0.2, -0.15) is 5.10 Å². The van der Waals surface area contributed by atoms with Crippen molar-refractivity contribution in [1.82, 2.24) is 9.78 Å². The van der Waals surface area contributed by atoms with E-state index in [0.29, 0.717) is 18.9 Å². The van der Waals surface area contributed by atoms with Gasteiger partial charge in [0.25, 0.3) is 0 Å². The molecule has 3 rings (SSSR count). The van der Waals surface area contributed by atoms with Crippen molar-refractivity contribution >= 4 is 5.97 Å². The Morgan fingerprint density at radius 1 is 1.33 bits per heavy atom. The Balaban J connectivity index is 1.93. The molecule has 6 nitrogen and oxygen atoms in total. The SMILES string of the molecule is CC(=O)OCc1cc(C2OCCO2)nn1-c1ccccc1. The number of aromatic nitrogens is 2. The van der Waals surface area contributed by atoms with E-state index in [-0.39, 0.29) is 12.6 Å². The molecule has 0 spiro atoms. The maximum Gasteiger partial charge on any atom is 0.303 e. The molecule has 0 saturated carbocycles. The Kier molecular flexibility index (Phi) is 3.98. The van der Waals surface area contributed by atoms with Crippen LogP contribution in [0, 0.1) is 0 Å². The number of carbonyl (C=O) groups excluding carboxylic acids is 1. The van der Waals surface area contributed by atoms with Crippen LogP contribution in [0.5, 0.6) is 0 Å². The molecule has 0 amide bonds. The lowest BCUT2D eigenvalue weighted by Crippen LogP contribution is -2.06. The number of esters is 1. The van der Waals surface area contributed by atoms with Crippen molar-refractivity contribution in [2.45, 2.75) is 19.8 Å². The molecule has 1 aromatic heterocycles. The van der Waals surface area contributed by atoms with Crippen LogP contribution in [-0.2, 0) is 25.6 Å². The zero-order chi connectivity index (χ0) is 14.7. The average Bonchev–Trinajstić information content (AvgIpc) is 3.15. The van der Waals surface area contributed by atoms with Crippen molar-refractivity contribution < 1.29 is 19.0 Å². The summed E-state index contributed by atoms with van der Waals surface area (Å²) in [5.41, 5.74) is 2.34. The highest BCUT2D eigenvalue weighted by molar-refractivity contribution is 5.65. The predicted molar refractivity (Wildman–Crippen MR) is 73.7 cm³/mol. The van der Waals surface area contributed by atoms with Gasteiger partial charge in [-0.1, -0.05) is 18.2 Å². The number of ether oxygens (including phenoxy) is 3. The van der Waals surface area contributed by atoms with Gasteiger partial charge in [0.1, 0.15) is 12.3 Å². The zero-order valence-corrected chi connectivity index (χ0v) is 11.7. The highest BCUT2D eigenvalue weighted by Crippen LogP contribution is 2.24. The van der Waals surface area contributed by atoms with Crippen molar-refractivity contribution in [1.29, 1.82) is 0 Å². The zero-order valence-electron chi connectivity index (χ0n) is 11.7. The topological polar surface area (TPSA) is 62.6 Å². The summed E-state index contributed by atoms with van der Waals surface area (Å²) in [5, 5.41) is 4.52. The Hall–Kier alpha value is -2.18. The number of carbonyl (C=O) groups is 1. The highest BCUT2D eigenvalue weighted by Gasteiger charge is 2.23. The molecule has 21 heavy (non-hydrogen) atoms. The molecule has 0 unspecified atom stereocenters. The molecule has 1 saturated heterocycles. The standard InChI is InChI=1S/C15H16N2O4/c1-11(18)21-10-13-9-14(15-19-7-8-20-15)16-17(13)12-5-3-2-4-6-12/h2-6,9,15H,7-8,10H2,1H3. The lowest BCUT2D eigenvalue weighted by atomic mass is 10.3. The van der Waals surface area contributed by atoms with Gasteiger partial charge in [0.05, 0.1) is 24.6 Å². The van der Waals surface area contributed by atoms with Crippen molar-refractivity contribution in [2.24, 2.45) is 0 Å². The molecule has 1 aromatic carbocycles. The van der Waals surface area contributed by atoms with Crippen LogP contribution in [0.15, 0.2) is 36.4 Å². The van der Waals surface area contributed by atoms with Crippen LogP contribution >= 0.6 is 0 Å². The summed E-state index contributed by atoms with van der Waals surface area (Å²) in [7, 11) is 0. The van der Waals surface area contributed by atoms with Crippen molar-refractivity contribution in [3.05, 3.63) is 47.8 Å². The lowest BCUT2D eigenvalue weighted by Gasteiger charge is -2.07. The van der Waals surface area contributed by atoms with Crippen LogP contribution in [0.1, 0.15) is 24.6 Å². The first-order valence-corrected chi connectivity index (χ1v) is 6.75. The Morgan fingerprint density at radius 2 is 2.05 bits per heavy atom.